The van der Waals surface area contributed by atoms with Crippen molar-refractivity contribution in [2.75, 3.05) is 13.1 Å². The number of carbonyl (C=O) groups is 2. The van der Waals surface area contributed by atoms with Crippen LogP contribution in [0.3, 0.4) is 0 Å². The third-order valence-corrected chi connectivity index (χ3v) is 6.14. The van der Waals surface area contributed by atoms with E-state index >= 15 is 0 Å². The summed E-state index contributed by atoms with van der Waals surface area (Å²) in [5.74, 6) is -0.703. The van der Waals surface area contributed by atoms with Gasteiger partial charge in [0, 0.05) is 45.0 Å². The summed E-state index contributed by atoms with van der Waals surface area (Å²) in [5.41, 5.74) is 2.90. The first-order valence-corrected chi connectivity index (χ1v) is 10.4. The van der Waals surface area contributed by atoms with Crippen LogP contribution < -0.4 is 0 Å². The smallest absolute Gasteiger partial charge is 0.268 e. The van der Waals surface area contributed by atoms with Crippen molar-refractivity contribution in [3.63, 3.8) is 0 Å². The second kappa shape index (κ2) is 7.97. The van der Waals surface area contributed by atoms with Crippen LogP contribution in [0.5, 0.6) is 0 Å². The van der Waals surface area contributed by atoms with Crippen LogP contribution in [0.4, 0.5) is 0 Å². The molecule has 4 heterocycles. The molecule has 1 aliphatic rings. The highest BCUT2D eigenvalue weighted by molar-refractivity contribution is 6.38. The summed E-state index contributed by atoms with van der Waals surface area (Å²) in [5, 5.41) is 12.7. The molecule has 3 aromatic heterocycles. The van der Waals surface area contributed by atoms with Gasteiger partial charge < -0.3 is 0 Å². The monoisotopic (exact) mass is 461 g/mol. The fourth-order valence-electron chi connectivity index (χ4n) is 3.78. The molecule has 1 saturated heterocycles. The number of aryl methyl sites for hydroxylation is 4. The lowest BCUT2D eigenvalue weighted by atomic mass is 10.2. The Hall–Kier alpha value is -2.91. The maximum absolute atomic E-state index is 13.3. The van der Waals surface area contributed by atoms with Crippen LogP contribution in [0, 0.1) is 13.8 Å². The van der Waals surface area contributed by atoms with Crippen molar-refractivity contribution in [1.29, 1.82) is 0 Å². The number of halogens is 2. The molecule has 0 radical (unpaired) electrons. The molecule has 3 aromatic rings. The number of hydrogen-bond acceptors (Lipinski definition) is 5. The van der Waals surface area contributed by atoms with Crippen LogP contribution in [-0.4, -0.2) is 59.5 Å². The molecular formula is C20H21Cl2N7O2. The first kappa shape index (κ1) is 21.3. The topological polar surface area (TPSA) is 89.2 Å². The lowest BCUT2D eigenvalue weighted by Gasteiger charge is -2.27. The van der Waals surface area contributed by atoms with Crippen LogP contribution in [0.2, 0.25) is 10.2 Å². The molecule has 2 amide bonds. The zero-order valence-corrected chi connectivity index (χ0v) is 19.1. The average molecular weight is 462 g/mol. The summed E-state index contributed by atoms with van der Waals surface area (Å²) in [4.78, 5) is 30.5. The quantitative estimate of drug-likeness (QED) is 0.559. The molecule has 0 N–H and O–H groups in total. The highest BCUT2D eigenvalue weighted by Gasteiger charge is 2.32. The summed E-state index contributed by atoms with van der Waals surface area (Å²) in [6.07, 6.45) is 5.12. The third-order valence-electron chi connectivity index (χ3n) is 5.30. The van der Waals surface area contributed by atoms with Gasteiger partial charge in [0.05, 0.1) is 27.4 Å². The molecule has 0 aliphatic carbocycles. The maximum Gasteiger partial charge on any atom is 0.275 e. The van der Waals surface area contributed by atoms with E-state index < -0.39 is 0 Å². The largest absolute Gasteiger partial charge is 0.275 e. The van der Waals surface area contributed by atoms with E-state index in [2.05, 4.69) is 15.2 Å². The van der Waals surface area contributed by atoms with Gasteiger partial charge in [0.25, 0.3) is 11.8 Å². The van der Waals surface area contributed by atoms with Gasteiger partial charge in [-0.25, -0.2) is 15.0 Å². The third kappa shape index (κ3) is 3.57. The number of carbonyl (C=O) groups excluding carboxylic acids is 2. The zero-order valence-electron chi connectivity index (χ0n) is 17.6. The number of rotatable bonds is 3. The SMILES string of the molecule is Cc1nn(C)c(Cl)c1C=CC(=O)N1CCCN1C(=O)c1cnc2c(c(C)nn2C)c1Cl. The van der Waals surface area contributed by atoms with Gasteiger partial charge in [-0.1, -0.05) is 23.2 Å². The van der Waals surface area contributed by atoms with Crippen molar-refractivity contribution < 1.29 is 9.59 Å². The van der Waals surface area contributed by atoms with Gasteiger partial charge in [0.1, 0.15) is 5.15 Å². The molecule has 1 aliphatic heterocycles. The van der Waals surface area contributed by atoms with Gasteiger partial charge in [-0.3, -0.25) is 19.0 Å². The molecule has 162 valence electrons. The zero-order chi connectivity index (χ0) is 22.4. The molecule has 11 heteroatoms. The first-order chi connectivity index (χ1) is 14.7. The van der Waals surface area contributed by atoms with E-state index in [0.29, 0.717) is 52.6 Å². The first-order valence-electron chi connectivity index (χ1n) is 9.69. The number of hydrazine groups is 1. The predicted molar refractivity (Wildman–Crippen MR) is 118 cm³/mol. The van der Waals surface area contributed by atoms with E-state index in [9.17, 15) is 9.59 Å². The Kier molecular flexibility index (Phi) is 5.49. The molecule has 0 aromatic carbocycles. The maximum atomic E-state index is 13.3. The van der Waals surface area contributed by atoms with E-state index in [4.69, 9.17) is 23.2 Å². The normalized spacial score (nSPS) is 14.4. The highest BCUT2D eigenvalue weighted by Crippen LogP contribution is 2.30. The minimum Gasteiger partial charge on any atom is -0.268 e. The second-order valence-electron chi connectivity index (χ2n) is 7.38. The van der Waals surface area contributed by atoms with Crippen molar-refractivity contribution in [3.05, 3.63) is 45.0 Å². The van der Waals surface area contributed by atoms with Crippen molar-refractivity contribution in [1.82, 2.24) is 34.6 Å². The predicted octanol–water partition coefficient (Wildman–Crippen LogP) is 2.93. The Labute approximate surface area is 188 Å². The summed E-state index contributed by atoms with van der Waals surface area (Å²) in [6.45, 7) is 4.46. The molecule has 9 nitrogen and oxygen atoms in total. The Morgan fingerprint density at radius 3 is 2.39 bits per heavy atom. The Morgan fingerprint density at radius 1 is 1.03 bits per heavy atom. The van der Waals surface area contributed by atoms with E-state index in [1.165, 1.54) is 27.0 Å². The Balaban J connectivity index is 1.61. The number of nitrogens with zero attached hydrogens (tertiary/aromatic N) is 7. The van der Waals surface area contributed by atoms with Crippen LogP contribution in [-0.2, 0) is 18.9 Å². The molecule has 0 atom stereocenters. The highest BCUT2D eigenvalue weighted by atomic mass is 35.5. The molecule has 4 rings (SSSR count). The number of aromatic nitrogens is 5. The van der Waals surface area contributed by atoms with Gasteiger partial charge in [0.15, 0.2) is 5.65 Å². The number of pyridine rings is 1. The lowest BCUT2D eigenvalue weighted by Crippen LogP contribution is -2.44. The molecule has 1 fully saturated rings. The molecule has 0 bridgehead atoms. The summed E-state index contributed by atoms with van der Waals surface area (Å²) >= 11 is 12.8. The van der Waals surface area contributed by atoms with Crippen LogP contribution in [0.25, 0.3) is 17.1 Å². The lowest BCUT2D eigenvalue weighted by molar-refractivity contribution is -0.134. The van der Waals surface area contributed by atoms with Crippen molar-refractivity contribution >= 4 is 52.1 Å². The van der Waals surface area contributed by atoms with Gasteiger partial charge >= 0.3 is 0 Å². The minimum absolute atomic E-state index is 0.236. The fourth-order valence-corrected chi connectivity index (χ4v) is 4.37. The Morgan fingerprint density at radius 2 is 1.71 bits per heavy atom. The second-order valence-corrected chi connectivity index (χ2v) is 8.12. The summed E-state index contributed by atoms with van der Waals surface area (Å²) < 4.78 is 3.16. The summed E-state index contributed by atoms with van der Waals surface area (Å²) in [6, 6.07) is 0. The van der Waals surface area contributed by atoms with Gasteiger partial charge in [0.2, 0.25) is 0 Å². The van der Waals surface area contributed by atoms with Crippen molar-refractivity contribution in [3.8, 4) is 0 Å². The number of amides is 2. The number of hydrogen-bond donors (Lipinski definition) is 0. The molecule has 31 heavy (non-hydrogen) atoms. The molecular weight excluding hydrogens is 441 g/mol. The van der Waals surface area contributed by atoms with Crippen LogP contribution in [0.15, 0.2) is 12.3 Å². The fraction of sp³-hybridized carbons (Fsp3) is 0.350. The molecule has 0 unspecified atom stereocenters. The van der Waals surface area contributed by atoms with E-state index in [0.717, 1.165) is 0 Å². The van der Waals surface area contributed by atoms with Gasteiger partial charge in [-0.05, 0) is 26.3 Å². The van der Waals surface area contributed by atoms with E-state index in [-0.39, 0.29) is 22.4 Å². The standard InChI is InChI=1S/C20H21Cl2N7O2/c1-11-13(18(22)26(3)24-11)6-7-15(30)28-8-5-9-29(28)20(31)14-10-23-19-16(17(14)21)12(2)25-27(19)4/h6-7,10H,5,8-9H2,1-4H3. The molecule has 0 saturated carbocycles. The van der Waals surface area contributed by atoms with Gasteiger partial charge in [-0.15, -0.1) is 0 Å². The van der Waals surface area contributed by atoms with Crippen molar-refractivity contribution in [2.24, 2.45) is 14.1 Å². The van der Waals surface area contributed by atoms with Crippen LogP contribution >= 0.6 is 23.2 Å². The Bertz CT molecular complexity index is 1240. The van der Waals surface area contributed by atoms with E-state index in [1.54, 1.807) is 24.9 Å². The van der Waals surface area contributed by atoms with Crippen LogP contribution in [0.1, 0.15) is 33.7 Å². The number of fused-ring (bicyclic) bond motifs is 1. The van der Waals surface area contributed by atoms with E-state index in [1.807, 2.05) is 13.8 Å². The van der Waals surface area contributed by atoms with Gasteiger partial charge in [-0.2, -0.15) is 10.2 Å². The van der Waals surface area contributed by atoms with Crippen molar-refractivity contribution in [2.45, 2.75) is 20.3 Å². The average Bonchev–Trinajstić information content (AvgIpc) is 3.38. The summed E-state index contributed by atoms with van der Waals surface area (Å²) in [7, 11) is 3.50. The minimum atomic E-state index is -0.377. The molecule has 0 spiro atoms.